The summed E-state index contributed by atoms with van der Waals surface area (Å²) < 4.78 is 0. The number of anilines is 2. The quantitative estimate of drug-likeness (QED) is 0.803. The molecule has 2 fully saturated rings. The highest BCUT2D eigenvalue weighted by molar-refractivity contribution is 5.92. The van der Waals surface area contributed by atoms with Gasteiger partial charge in [0.1, 0.15) is 11.5 Å². The number of carbonyl (C=O) groups is 1. The fourth-order valence-corrected chi connectivity index (χ4v) is 3.86. The minimum atomic E-state index is 0.0167. The highest BCUT2D eigenvalue weighted by atomic mass is 16.2. The van der Waals surface area contributed by atoms with Gasteiger partial charge in [0.25, 0.3) is 5.91 Å². The standard InChI is InChI=1S/C21H28N6O/c1-2-24-9-11-25(12-10-24)18-6-7-19(23-17-18)21(28)27-15-13-26(14-16-27)20-5-3-4-8-22-20/h3-8,17H,2,9-16H2,1H3. The lowest BCUT2D eigenvalue weighted by Crippen LogP contribution is -2.49. The van der Waals surface area contributed by atoms with Crippen LogP contribution < -0.4 is 9.80 Å². The highest BCUT2D eigenvalue weighted by Crippen LogP contribution is 2.18. The molecule has 2 aliphatic rings. The Hall–Kier alpha value is -2.67. The number of amides is 1. The van der Waals surface area contributed by atoms with Crippen LogP contribution >= 0.6 is 0 Å². The van der Waals surface area contributed by atoms with E-state index in [1.165, 1.54) is 0 Å². The first-order valence-electron chi connectivity index (χ1n) is 10.1. The summed E-state index contributed by atoms with van der Waals surface area (Å²) in [6.45, 7) is 10.5. The number of likely N-dealkylation sites (N-methyl/N-ethyl adjacent to an activating group) is 1. The number of rotatable bonds is 4. The Bertz CT molecular complexity index is 765. The number of pyridine rings is 2. The van der Waals surface area contributed by atoms with Crippen molar-refractivity contribution >= 4 is 17.4 Å². The minimum Gasteiger partial charge on any atom is -0.368 e. The van der Waals surface area contributed by atoms with Gasteiger partial charge in [0.15, 0.2) is 0 Å². The summed E-state index contributed by atoms with van der Waals surface area (Å²) >= 11 is 0. The SMILES string of the molecule is CCN1CCN(c2ccc(C(=O)N3CCN(c4ccccn4)CC3)nc2)CC1. The van der Waals surface area contributed by atoms with Crippen LogP contribution in [0.3, 0.4) is 0 Å². The van der Waals surface area contributed by atoms with Gasteiger partial charge in [-0.25, -0.2) is 9.97 Å². The van der Waals surface area contributed by atoms with Gasteiger partial charge in [-0.1, -0.05) is 13.0 Å². The van der Waals surface area contributed by atoms with Gasteiger partial charge in [0.05, 0.1) is 11.9 Å². The predicted octanol–water partition coefficient (Wildman–Crippen LogP) is 1.58. The van der Waals surface area contributed by atoms with E-state index < -0.39 is 0 Å². The molecule has 4 heterocycles. The molecule has 7 heteroatoms. The summed E-state index contributed by atoms with van der Waals surface area (Å²) in [4.78, 5) is 30.6. The molecule has 0 N–H and O–H groups in total. The molecular formula is C21H28N6O. The number of piperazine rings is 2. The first-order valence-corrected chi connectivity index (χ1v) is 10.1. The monoisotopic (exact) mass is 380 g/mol. The Morgan fingerprint density at radius 3 is 2.25 bits per heavy atom. The fraction of sp³-hybridized carbons (Fsp3) is 0.476. The lowest BCUT2D eigenvalue weighted by Gasteiger charge is -2.36. The van der Waals surface area contributed by atoms with E-state index in [1.807, 2.05) is 41.4 Å². The molecule has 0 unspecified atom stereocenters. The Balaban J connectivity index is 1.33. The molecule has 2 saturated heterocycles. The Labute approximate surface area is 166 Å². The van der Waals surface area contributed by atoms with E-state index in [0.29, 0.717) is 18.8 Å². The molecule has 2 aliphatic heterocycles. The molecule has 0 saturated carbocycles. The number of hydrogen-bond acceptors (Lipinski definition) is 6. The van der Waals surface area contributed by atoms with Crippen LogP contribution in [0.5, 0.6) is 0 Å². The Morgan fingerprint density at radius 2 is 1.64 bits per heavy atom. The molecule has 0 atom stereocenters. The predicted molar refractivity (Wildman–Crippen MR) is 111 cm³/mol. The van der Waals surface area contributed by atoms with Gasteiger partial charge >= 0.3 is 0 Å². The van der Waals surface area contributed by atoms with Crippen molar-refractivity contribution in [3.63, 3.8) is 0 Å². The van der Waals surface area contributed by atoms with Crippen LogP contribution in [0.1, 0.15) is 17.4 Å². The van der Waals surface area contributed by atoms with Crippen LogP contribution in [0.25, 0.3) is 0 Å². The average Bonchev–Trinajstić information content (AvgIpc) is 2.79. The van der Waals surface area contributed by atoms with Crippen LogP contribution in [-0.2, 0) is 0 Å². The molecule has 148 valence electrons. The molecule has 7 nitrogen and oxygen atoms in total. The molecule has 0 radical (unpaired) electrons. The van der Waals surface area contributed by atoms with E-state index in [-0.39, 0.29) is 5.91 Å². The van der Waals surface area contributed by atoms with E-state index in [1.54, 1.807) is 6.20 Å². The number of hydrogen-bond donors (Lipinski definition) is 0. The first-order chi connectivity index (χ1) is 13.7. The second-order valence-electron chi connectivity index (χ2n) is 7.29. The van der Waals surface area contributed by atoms with E-state index >= 15 is 0 Å². The number of aromatic nitrogens is 2. The molecule has 0 spiro atoms. The van der Waals surface area contributed by atoms with Crippen molar-refractivity contribution in [2.24, 2.45) is 0 Å². The van der Waals surface area contributed by atoms with E-state index in [2.05, 4.69) is 31.6 Å². The molecule has 28 heavy (non-hydrogen) atoms. The van der Waals surface area contributed by atoms with Crippen molar-refractivity contribution in [2.75, 3.05) is 68.7 Å². The Morgan fingerprint density at radius 1 is 0.893 bits per heavy atom. The van der Waals surface area contributed by atoms with Crippen molar-refractivity contribution in [1.29, 1.82) is 0 Å². The lowest BCUT2D eigenvalue weighted by molar-refractivity contribution is 0.0740. The molecule has 2 aromatic rings. The van der Waals surface area contributed by atoms with Crippen LogP contribution in [0.15, 0.2) is 42.7 Å². The highest BCUT2D eigenvalue weighted by Gasteiger charge is 2.24. The van der Waals surface area contributed by atoms with Gasteiger partial charge < -0.3 is 19.6 Å². The van der Waals surface area contributed by atoms with Crippen LogP contribution in [0.2, 0.25) is 0 Å². The average molecular weight is 380 g/mol. The molecular weight excluding hydrogens is 352 g/mol. The summed E-state index contributed by atoms with van der Waals surface area (Å²) in [6.07, 6.45) is 3.65. The van der Waals surface area contributed by atoms with Crippen LogP contribution in [0, 0.1) is 0 Å². The zero-order valence-electron chi connectivity index (χ0n) is 16.5. The maximum Gasteiger partial charge on any atom is 0.272 e. The van der Waals surface area contributed by atoms with E-state index in [0.717, 1.165) is 57.3 Å². The molecule has 4 rings (SSSR count). The third kappa shape index (κ3) is 4.09. The van der Waals surface area contributed by atoms with Gasteiger partial charge in [-0.2, -0.15) is 0 Å². The normalized spacial score (nSPS) is 18.4. The molecule has 1 amide bonds. The zero-order valence-corrected chi connectivity index (χ0v) is 16.5. The molecule has 0 aliphatic carbocycles. The minimum absolute atomic E-state index is 0.0167. The van der Waals surface area contributed by atoms with Crippen LogP contribution in [-0.4, -0.2) is 84.6 Å². The maximum atomic E-state index is 12.8. The summed E-state index contributed by atoms with van der Waals surface area (Å²) in [5, 5.41) is 0. The first kappa shape index (κ1) is 18.7. The topological polar surface area (TPSA) is 55.8 Å². The third-order valence-electron chi connectivity index (χ3n) is 5.69. The second kappa shape index (κ2) is 8.56. The van der Waals surface area contributed by atoms with Gasteiger partial charge in [-0.15, -0.1) is 0 Å². The molecule has 0 aromatic carbocycles. The van der Waals surface area contributed by atoms with Gasteiger partial charge in [0.2, 0.25) is 0 Å². The van der Waals surface area contributed by atoms with Gasteiger partial charge in [0, 0.05) is 58.6 Å². The summed E-state index contributed by atoms with van der Waals surface area (Å²) in [5.41, 5.74) is 1.63. The van der Waals surface area contributed by atoms with Gasteiger partial charge in [-0.3, -0.25) is 4.79 Å². The van der Waals surface area contributed by atoms with Crippen molar-refractivity contribution in [1.82, 2.24) is 19.8 Å². The smallest absolute Gasteiger partial charge is 0.272 e. The number of carbonyl (C=O) groups excluding carboxylic acids is 1. The summed E-state index contributed by atoms with van der Waals surface area (Å²) in [7, 11) is 0. The van der Waals surface area contributed by atoms with Crippen LogP contribution in [0.4, 0.5) is 11.5 Å². The van der Waals surface area contributed by atoms with E-state index in [4.69, 9.17) is 0 Å². The molecule has 0 bridgehead atoms. The second-order valence-corrected chi connectivity index (χ2v) is 7.29. The lowest BCUT2D eigenvalue weighted by atomic mass is 10.2. The fourth-order valence-electron chi connectivity index (χ4n) is 3.86. The van der Waals surface area contributed by atoms with Crippen molar-refractivity contribution < 1.29 is 4.79 Å². The van der Waals surface area contributed by atoms with E-state index in [9.17, 15) is 4.79 Å². The molecule has 2 aromatic heterocycles. The Kier molecular flexibility index (Phi) is 5.71. The van der Waals surface area contributed by atoms with Crippen molar-refractivity contribution in [2.45, 2.75) is 6.92 Å². The van der Waals surface area contributed by atoms with Crippen molar-refractivity contribution in [3.8, 4) is 0 Å². The summed E-state index contributed by atoms with van der Waals surface area (Å²) in [5.74, 6) is 0.989. The summed E-state index contributed by atoms with van der Waals surface area (Å²) in [6, 6.07) is 9.83. The largest absolute Gasteiger partial charge is 0.368 e. The third-order valence-corrected chi connectivity index (χ3v) is 5.69. The van der Waals surface area contributed by atoms with Gasteiger partial charge in [-0.05, 0) is 30.8 Å². The number of nitrogens with zero attached hydrogens (tertiary/aromatic N) is 6. The zero-order chi connectivity index (χ0) is 19.3. The maximum absolute atomic E-state index is 12.8. The van der Waals surface area contributed by atoms with Crippen molar-refractivity contribution in [3.05, 3.63) is 48.4 Å².